The van der Waals surface area contributed by atoms with E-state index in [1.165, 1.54) is 0 Å². The molecule has 0 nitrogen and oxygen atoms in total. The Morgan fingerprint density at radius 1 is 1.00 bits per heavy atom. The van der Waals surface area contributed by atoms with E-state index in [0.29, 0.717) is 5.92 Å². The van der Waals surface area contributed by atoms with Crippen molar-refractivity contribution in [2.24, 2.45) is 17.8 Å². The summed E-state index contributed by atoms with van der Waals surface area (Å²) in [5.41, 5.74) is 0. The van der Waals surface area contributed by atoms with E-state index >= 15 is 0 Å². The van der Waals surface area contributed by atoms with Gasteiger partial charge in [-0.3, -0.25) is 0 Å². The van der Waals surface area contributed by atoms with Gasteiger partial charge in [-0.2, -0.15) is 5.92 Å². The van der Waals surface area contributed by atoms with E-state index in [-0.39, 0.29) is 29.6 Å². The van der Waals surface area contributed by atoms with Gasteiger partial charge in [0.05, 0.1) is 0 Å². The zero-order valence-electron chi connectivity index (χ0n) is 7.44. The van der Waals surface area contributed by atoms with E-state index in [2.05, 4.69) is 34.6 Å². The molecule has 9 heavy (non-hydrogen) atoms. The SMILES string of the molecule is [CH2-]C(C)C(C)C(C)C.[Na+]. The van der Waals surface area contributed by atoms with Crippen molar-refractivity contribution >= 4 is 0 Å². The van der Waals surface area contributed by atoms with Crippen LogP contribution in [0.3, 0.4) is 0 Å². The molecule has 0 aliphatic rings. The van der Waals surface area contributed by atoms with Gasteiger partial charge in [-0.15, -0.1) is 0 Å². The Labute approximate surface area is 81.7 Å². The number of hydrogen-bond acceptors (Lipinski definition) is 0. The molecule has 0 aromatic heterocycles. The molecule has 0 radical (unpaired) electrons. The molecule has 0 bridgehead atoms. The molecule has 0 N–H and O–H groups in total. The summed E-state index contributed by atoms with van der Waals surface area (Å²) in [6.45, 7) is 12.9. The minimum atomic E-state index is 0. The maximum atomic E-state index is 3.96. The number of hydrogen-bond donors (Lipinski definition) is 0. The van der Waals surface area contributed by atoms with Crippen molar-refractivity contribution in [3.63, 3.8) is 0 Å². The quantitative estimate of drug-likeness (QED) is 0.363. The molecule has 0 aliphatic carbocycles. The van der Waals surface area contributed by atoms with Gasteiger partial charge in [0, 0.05) is 0 Å². The van der Waals surface area contributed by atoms with Gasteiger partial charge in [0.1, 0.15) is 0 Å². The molecular weight excluding hydrogens is 119 g/mol. The summed E-state index contributed by atoms with van der Waals surface area (Å²) in [5, 5.41) is 0. The van der Waals surface area contributed by atoms with Gasteiger partial charge in [0.2, 0.25) is 0 Å². The monoisotopic (exact) mass is 136 g/mol. The summed E-state index contributed by atoms with van der Waals surface area (Å²) in [6, 6.07) is 0. The van der Waals surface area contributed by atoms with Crippen LogP contribution in [0.1, 0.15) is 27.7 Å². The first-order chi connectivity index (χ1) is 3.55. The van der Waals surface area contributed by atoms with Crippen LogP contribution in [0.2, 0.25) is 0 Å². The van der Waals surface area contributed by atoms with Crippen molar-refractivity contribution in [1.29, 1.82) is 0 Å². The Balaban J connectivity index is 0. The third-order valence-corrected chi connectivity index (χ3v) is 1.95. The second-order valence-electron chi connectivity index (χ2n) is 3.08. The van der Waals surface area contributed by atoms with Gasteiger partial charge in [-0.25, -0.2) is 0 Å². The van der Waals surface area contributed by atoms with Crippen molar-refractivity contribution in [3.05, 3.63) is 6.92 Å². The Kier molecular flexibility index (Phi) is 8.10. The molecule has 0 heterocycles. The fourth-order valence-corrected chi connectivity index (χ4v) is 0.657. The van der Waals surface area contributed by atoms with E-state index in [9.17, 15) is 0 Å². The Hall–Kier alpha value is 1.00. The summed E-state index contributed by atoms with van der Waals surface area (Å²) < 4.78 is 0. The molecule has 0 fully saturated rings. The topological polar surface area (TPSA) is 0 Å². The van der Waals surface area contributed by atoms with Crippen molar-refractivity contribution in [3.8, 4) is 0 Å². The van der Waals surface area contributed by atoms with E-state index in [1.807, 2.05) is 0 Å². The Bertz CT molecular complexity index is 49.6. The molecule has 0 amide bonds. The first-order valence-corrected chi connectivity index (χ1v) is 3.38. The van der Waals surface area contributed by atoms with Gasteiger partial charge in [0.15, 0.2) is 0 Å². The molecule has 0 rings (SSSR count). The first kappa shape index (κ1) is 12.7. The first-order valence-electron chi connectivity index (χ1n) is 3.38. The van der Waals surface area contributed by atoms with Crippen LogP contribution < -0.4 is 29.6 Å². The minimum absolute atomic E-state index is 0. The normalized spacial score (nSPS) is 16.7. The van der Waals surface area contributed by atoms with Crippen LogP contribution >= 0.6 is 0 Å². The molecule has 0 aromatic rings. The van der Waals surface area contributed by atoms with Crippen molar-refractivity contribution in [1.82, 2.24) is 0 Å². The Morgan fingerprint density at radius 2 is 1.33 bits per heavy atom. The van der Waals surface area contributed by atoms with E-state index < -0.39 is 0 Å². The maximum absolute atomic E-state index is 3.96. The van der Waals surface area contributed by atoms with E-state index in [0.717, 1.165) is 11.8 Å². The summed E-state index contributed by atoms with van der Waals surface area (Å²) in [7, 11) is 0. The second-order valence-corrected chi connectivity index (χ2v) is 3.08. The summed E-state index contributed by atoms with van der Waals surface area (Å²) in [6.07, 6.45) is 0. The Morgan fingerprint density at radius 3 is 1.33 bits per heavy atom. The van der Waals surface area contributed by atoms with Crippen molar-refractivity contribution in [2.45, 2.75) is 27.7 Å². The van der Waals surface area contributed by atoms with Crippen LogP contribution in [0.5, 0.6) is 0 Å². The summed E-state index contributed by atoms with van der Waals surface area (Å²) >= 11 is 0. The molecule has 1 heteroatoms. The summed E-state index contributed by atoms with van der Waals surface area (Å²) in [5.74, 6) is 2.13. The average molecular weight is 136 g/mol. The molecule has 2 atom stereocenters. The average Bonchev–Trinajstić information content (AvgIpc) is 1.64. The molecule has 0 spiro atoms. The predicted octanol–water partition coefficient (Wildman–Crippen LogP) is -0.247. The van der Waals surface area contributed by atoms with Crippen LogP contribution in [-0.2, 0) is 0 Å². The largest absolute Gasteiger partial charge is 1.00 e. The molecule has 50 valence electrons. The molecule has 2 unspecified atom stereocenters. The van der Waals surface area contributed by atoms with E-state index in [4.69, 9.17) is 0 Å². The smallest absolute Gasteiger partial charge is 0.340 e. The van der Waals surface area contributed by atoms with E-state index in [1.54, 1.807) is 0 Å². The maximum Gasteiger partial charge on any atom is 1.00 e. The van der Waals surface area contributed by atoms with Crippen LogP contribution in [0, 0.1) is 24.7 Å². The minimum Gasteiger partial charge on any atom is -0.340 e. The van der Waals surface area contributed by atoms with Gasteiger partial charge < -0.3 is 6.92 Å². The van der Waals surface area contributed by atoms with Crippen LogP contribution in [0.4, 0.5) is 0 Å². The van der Waals surface area contributed by atoms with Gasteiger partial charge in [0.25, 0.3) is 0 Å². The molecule has 0 aromatic carbocycles. The van der Waals surface area contributed by atoms with Crippen molar-refractivity contribution < 1.29 is 29.6 Å². The van der Waals surface area contributed by atoms with Crippen molar-refractivity contribution in [2.75, 3.05) is 0 Å². The van der Waals surface area contributed by atoms with Gasteiger partial charge >= 0.3 is 29.6 Å². The molecule has 0 aliphatic heterocycles. The summed E-state index contributed by atoms with van der Waals surface area (Å²) in [4.78, 5) is 0. The van der Waals surface area contributed by atoms with Crippen LogP contribution in [-0.4, -0.2) is 0 Å². The fraction of sp³-hybridized carbons (Fsp3) is 0.875. The van der Waals surface area contributed by atoms with Crippen LogP contribution in [0.15, 0.2) is 0 Å². The molecule has 0 saturated heterocycles. The molecular formula is C8H17Na. The van der Waals surface area contributed by atoms with Gasteiger partial charge in [-0.1, -0.05) is 33.6 Å². The third-order valence-electron chi connectivity index (χ3n) is 1.95. The van der Waals surface area contributed by atoms with Crippen LogP contribution in [0.25, 0.3) is 0 Å². The fourth-order valence-electron chi connectivity index (χ4n) is 0.657. The zero-order valence-corrected chi connectivity index (χ0v) is 9.44. The predicted molar refractivity (Wildman–Crippen MR) is 38.5 cm³/mol. The zero-order chi connectivity index (χ0) is 6.73. The number of rotatable bonds is 2. The third kappa shape index (κ3) is 5.44. The molecule has 0 saturated carbocycles. The second kappa shape index (κ2) is 5.76. The standard InChI is InChI=1S/C8H17.Na/c1-6(2)8(5)7(3)4;/h6-8H,1H2,2-5H3;/q-1;+1. The van der Waals surface area contributed by atoms with Gasteiger partial charge in [-0.05, 0) is 5.92 Å².